The molecule has 3 rings (SSSR count). The number of amides is 2. The summed E-state index contributed by atoms with van der Waals surface area (Å²) in [5.74, 6) is 0.473. The molecule has 1 aliphatic rings. The molecule has 0 N–H and O–H groups in total. The van der Waals surface area contributed by atoms with Crippen LogP contribution in [0.1, 0.15) is 43.6 Å². The summed E-state index contributed by atoms with van der Waals surface area (Å²) >= 11 is 0. The maximum absolute atomic E-state index is 13.0. The summed E-state index contributed by atoms with van der Waals surface area (Å²) in [6.07, 6.45) is 4.71. The van der Waals surface area contributed by atoms with E-state index in [9.17, 15) is 18.9 Å². The van der Waals surface area contributed by atoms with Crippen LogP contribution in [-0.2, 0) is 21.4 Å². The Morgan fingerprint density at radius 3 is 2.64 bits per heavy atom. The maximum Gasteiger partial charge on any atom is 0.259 e. The molecule has 1 aromatic carbocycles. The van der Waals surface area contributed by atoms with Crippen molar-refractivity contribution in [3.63, 3.8) is 0 Å². The molecule has 0 bridgehead atoms. The summed E-state index contributed by atoms with van der Waals surface area (Å²) < 4.78 is 14.8. The highest BCUT2D eigenvalue weighted by atomic mass is 19.2. The van der Waals surface area contributed by atoms with Crippen LogP contribution in [0.4, 0.5) is 10.3 Å². The van der Waals surface area contributed by atoms with Gasteiger partial charge in [0.25, 0.3) is 5.91 Å². The minimum atomic E-state index is -0.879. The van der Waals surface area contributed by atoms with Crippen LogP contribution in [0, 0.1) is 5.92 Å². The molecule has 1 heterocycles. The summed E-state index contributed by atoms with van der Waals surface area (Å²) in [4.78, 5) is 34.6. The monoisotopic (exact) mass is 388 g/mol. The Bertz CT molecular complexity index is 874. The van der Waals surface area contributed by atoms with E-state index in [2.05, 4.69) is 17.2 Å². The molecule has 0 atom stereocenters. The molecule has 8 heteroatoms. The van der Waals surface area contributed by atoms with Crippen LogP contribution in [0.3, 0.4) is 0 Å². The molecule has 2 aromatic rings. The van der Waals surface area contributed by atoms with Crippen molar-refractivity contribution < 1.29 is 18.9 Å². The molecule has 0 unspecified atom stereocenters. The highest BCUT2D eigenvalue weighted by Gasteiger charge is 2.23. The molecule has 0 radical (unpaired) electrons. The van der Waals surface area contributed by atoms with E-state index in [0.717, 1.165) is 42.9 Å². The molecule has 1 aromatic heterocycles. The van der Waals surface area contributed by atoms with Gasteiger partial charge in [0.1, 0.15) is 6.29 Å². The second-order valence-electron chi connectivity index (χ2n) is 7.45. The van der Waals surface area contributed by atoms with E-state index in [0.29, 0.717) is 11.7 Å². The largest absolute Gasteiger partial charge is 0.357 e. The fourth-order valence-electron chi connectivity index (χ4n) is 3.91. The summed E-state index contributed by atoms with van der Waals surface area (Å²) in [6, 6.07) is 6.28. The smallest absolute Gasteiger partial charge is 0.259 e. The van der Waals surface area contributed by atoms with Crippen molar-refractivity contribution in [1.29, 1.82) is 0 Å². The standard InChI is InChI=1S/C20H25FN4O3/c1-23(10-9-19(28)25(21)13-27)20-17-8-7-16(11-18(17)24(2)22-20)15-5-3-14(12-26)4-6-15/h7-8,11-15H,3-6,9-10H2,1-2H3. The quantitative estimate of drug-likeness (QED) is 0.539. The second kappa shape index (κ2) is 8.50. The van der Waals surface area contributed by atoms with Crippen LogP contribution in [0.25, 0.3) is 10.9 Å². The second-order valence-corrected chi connectivity index (χ2v) is 7.45. The summed E-state index contributed by atoms with van der Waals surface area (Å²) in [5, 5.41) is 5.07. The zero-order valence-corrected chi connectivity index (χ0v) is 16.2. The zero-order chi connectivity index (χ0) is 20.3. The van der Waals surface area contributed by atoms with Crippen molar-refractivity contribution in [2.75, 3.05) is 18.5 Å². The van der Waals surface area contributed by atoms with Crippen molar-refractivity contribution >= 4 is 35.3 Å². The number of carbonyl (C=O) groups is 3. The van der Waals surface area contributed by atoms with Crippen LogP contribution in [0.15, 0.2) is 18.2 Å². The number of hydrogen-bond acceptors (Lipinski definition) is 5. The number of rotatable bonds is 7. The summed E-state index contributed by atoms with van der Waals surface area (Å²) in [6.45, 7) is 0.247. The van der Waals surface area contributed by atoms with Crippen molar-refractivity contribution in [2.45, 2.75) is 38.0 Å². The molecular weight excluding hydrogens is 363 g/mol. The minimum Gasteiger partial charge on any atom is -0.357 e. The predicted molar refractivity (Wildman–Crippen MR) is 103 cm³/mol. The lowest BCUT2D eigenvalue weighted by Crippen LogP contribution is -2.27. The van der Waals surface area contributed by atoms with E-state index in [1.54, 1.807) is 16.6 Å². The first-order valence-electron chi connectivity index (χ1n) is 9.50. The number of aromatic nitrogens is 2. The lowest BCUT2D eigenvalue weighted by Gasteiger charge is -2.25. The molecule has 2 amide bonds. The van der Waals surface area contributed by atoms with Crippen molar-refractivity contribution in [2.24, 2.45) is 13.0 Å². The van der Waals surface area contributed by atoms with Gasteiger partial charge in [-0.05, 0) is 49.3 Å². The van der Waals surface area contributed by atoms with Gasteiger partial charge in [0.2, 0.25) is 6.41 Å². The predicted octanol–water partition coefficient (Wildman–Crippen LogP) is 2.74. The van der Waals surface area contributed by atoms with Gasteiger partial charge in [-0.1, -0.05) is 10.5 Å². The fourth-order valence-corrected chi connectivity index (χ4v) is 3.91. The van der Waals surface area contributed by atoms with Crippen molar-refractivity contribution in [1.82, 2.24) is 14.9 Å². The Balaban J connectivity index is 1.76. The van der Waals surface area contributed by atoms with Crippen LogP contribution in [0.2, 0.25) is 0 Å². The Morgan fingerprint density at radius 1 is 1.29 bits per heavy atom. The number of anilines is 1. The van der Waals surface area contributed by atoms with Gasteiger partial charge in [0.05, 0.1) is 5.52 Å². The van der Waals surface area contributed by atoms with E-state index in [1.165, 1.54) is 5.56 Å². The van der Waals surface area contributed by atoms with Gasteiger partial charge in [-0.25, -0.2) is 0 Å². The first-order chi connectivity index (χ1) is 13.4. The molecule has 0 spiro atoms. The maximum atomic E-state index is 13.0. The van der Waals surface area contributed by atoms with Crippen LogP contribution >= 0.6 is 0 Å². The highest BCUT2D eigenvalue weighted by molar-refractivity contribution is 5.91. The Labute approximate surface area is 163 Å². The number of hydrogen-bond donors (Lipinski definition) is 0. The van der Waals surface area contributed by atoms with Crippen LogP contribution in [0.5, 0.6) is 0 Å². The molecule has 150 valence electrons. The normalized spacial score (nSPS) is 19.4. The van der Waals surface area contributed by atoms with E-state index < -0.39 is 11.0 Å². The third kappa shape index (κ3) is 4.05. The number of carbonyl (C=O) groups excluding carboxylic acids is 3. The lowest BCUT2D eigenvalue weighted by atomic mass is 9.79. The lowest BCUT2D eigenvalue weighted by molar-refractivity contribution is -0.153. The molecule has 28 heavy (non-hydrogen) atoms. The average molecular weight is 388 g/mol. The van der Waals surface area contributed by atoms with Gasteiger partial charge in [-0.2, -0.15) is 5.10 Å². The SMILES string of the molecule is CN(CCC(=O)N(F)C=O)c1nn(C)c2cc(C3CCC(C=O)CC3)ccc12. The average Bonchev–Trinajstić information content (AvgIpc) is 3.07. The first-order valence-corrected chi connectivity index (χ1v) is 9.50. The first kappa shape index (κ1) is 20.0. The zero-order valence-electron chi connectivity index (χ0n) is 16.2. The number of aldehydes is 1. The van der Waals surface area contributed by atoms with E-state index in [1.807, 2.05) is 13.1 Å². The highest BCUT2D eigenvalue weighted by Crippen LogP contribution is 2.37. The van der Waals surface area contributed by atoms with Crippen LogP contribution in [-0.4, -0.2) is 47.1 Å². The topological polar surface area (TPSA) is 75.5 Å². The number of nitrogens with zero attached hydrogens (tertiary/aromatic N) is 4. The molecule has 0 aliphatic heterocycles. The molecule has 0 saturated heterocycles. The van der Waals surface area contributed by atoms with Gasteiger partial charge in [0.15, 0.2) is 5.82 Å². The molecule has 1 saturated carbocycles. The van der Waals surface area contributed by atoms with Crippen molar-refractivity contribution in [3.05, 3.63) is 23.8 Å². The molecule has 7 nitrogen and oxygen atoms in total. The van der Waals surface area contributed by atoms with Gasteiger partial charge in [0, 0.05) is 38.4 Å². The van der Waals surface area contributed by atoms with Crippen LogP contribution < -0.4 is 4.90 Å². The van der Waals surface area contributed by atoms with E-state index in [4.69, 9.17) is 0 Å². The number of aryl methyl sites for hydroxylation is 1. The third-order valence-electron chi connectivity index (χ3n) is 5.65. The Kier molecular flexibility index (Phi) is 6.06. The minimum absolute atomic E-state index is 0.123. The van der Waals surface area contributed by atoms with Crippen molar-refractivity contribution in [3.8, 4) is 0 Å². The van der Waals surface area contributed by atoms with Gasteiger partial charge >= 0.3 is 0 Å². The summed E-state index contributed by atoms with van der Waals surface area (Å²) in [7, 11) is 3.65. The Morgan fingerprint density at radius 2 is 2.00 bits per heavy atom. The van der Waals surface area contributed by atoms with E-state index in [-0.39, 0.29) is 25.3 Å². The number of benzene rings is 1. The third-order valence-corrected chi connectivity index (χ3v) is 5.65. The number of imide groups is 1. The van der Waals surface area contributed by atoms with Gasteiger partial charge in [-0.3, -0.25) is 14.3 Å². The summed E-state index contributed by atoms with van der Waals surface area (Å²) in [5.41, 5.74) is 2.24. The number of halogens is 1. The van der Waals surface area contributed by atoms with Gasteiger partial charge < -0.3 is 9.69 Å². The molecule has 1 fully saturated rings. The Hall–Kier alpha value is -2.77. The van der Waals surface area contributed by atoms with E-state index >= 15 is 0 Å². The number of fused-ring (bicyclic) bond motifs is 1. The fraction of sp³-hybridized carbons (Fsp3) is 0.500. The molecule has 1 aliphatic carbocycles. The van der Waals surface area contributed by atoms with Gasteiger partial charge in [-0.15, -0.1) is 5.12 Å². The molecular formula is C20H25FN4O3.